The molecule has 2 aromatic carbocycles. The molecule has 1 aliphatic rings. The van der Waals surface area contributed by atoms with Crippen molar-refractivity contribution in [3.05, 3.63) is 65.7 Å². The van der Waals surface area contributed by atoms with Crippen LogP contribution < -0.4 is 0 Å². The number of hydrogen-bond donors (Lipinski definition) is 0. The van der Waals surface area contributed by atoms with E-state index in [2.05, 4.69) is 0 Å². The second-order valence-electron chi connectivity index (χ2n) is 6.86. The molecule has 3 rings (SSSR count). The first-order chi connectivity index (χ1) is 13.7. The van der Waals surface area contributed by atoms with E-state index in [1.54, 1.807) is 66.4 Å². The van der Waals surface area contributed by atoms with Crippen LogP contribution in [-0.4, -0.2) is 63.9 Å². The van der Waals surface area contributed by atoms with Crippen molar-refractivity contribution >= 4 is 25.8 Å². The second-order valence-corrected chi connectivity index (χ2v) is 11.1. The van der Waals surface area contributed by atoms with Gasteiger partial charge in [-0.05, 0) is 36.8 Å². The standard InChI is InChI=1S/C20H24N2O5S2/c1-2-29(26,27)22-14-12-21(13-15-22)20(23)18-10-8-17(9-11-18)16-28(24,25)19-6-4-3-5-7-19/h3-11H,2,12-16H2,1H3. The lowest BCUT2D eigenvalue weighted by molar-refractivity contribution is 0.0698. The summed E-state index contributed by atoms with van der Waals surface area (Å²) >= 11 is 0. The van der Waals surface area contributed by atoms with Gasteiger partial charge in [0.1, 0.15) is 0 Å². The molecule has 7 nitrogen and oxygen atoms in total. The van der Waals surface area contributed by atoms with Crippen molar-refractivity contribution in [2.45, 2.75) is 17.6 Å². The topological polar surface area (TPSA) is 91.8 Å². The molecule has 0 spiro atoms. The van der Waals surface area contributed by atoms with Crippen LogP contribution in [0.5, 0.6) is 0 Å². The van der Waals surface area contributed by atoms with Crippen LogP contribution in [0.2, 0.25) is 0 Å². The van der Waals surface area contributed by atoms with Crippen LogP contribution in [0.15, 0.2) is 59.5 Å². The van der Waals surface area contributed by atoms with Crippen LogP contribution in [0.1, 0.15) is 22.8 Å². The molecule has 0 aromatic heterocycles. The summed E-state index contributed by atoms with van der Waals surface area (Å²) in [4.78, 5) is 14.6. The van der Waals surface area contributed by atoms with Gasteiger partial charge in [-0.15, -0.1) is 0 Å². The third kappa shape index (κ3) is 5.04. The van der Waals surface area contributed by atoms with E-state index in [0.717, 1.165) is 0 Å². The quantitative estimate of drug-likeness (QED) is 0.688. The van der Waals surface area contributed by atoms with Gasteiger partial charge >= 0.3 is 0 Å². The number of carbonyl (C=O) groups excluding carboxylic acids is 1. The molecule has 29 heavy (non-hydrogen) atoms. The number of amides is 1. The second kappa shape index (κ2) is 8.64. The third-order valence-electron chi connectivity index (χ3n) is 4.94. The summed E-state index contributed by atoms with van der Waals surface area (Å²) in [6.07, 6.45) is 0. The van der Waals surface area contributed by atoms with E-state index in [1.165, 1.54) is 4.31 Å². The van der Waals surface area contributed by atoms with Gasteiger partial charge in [0.15, 0.2) is 9.84 Å². The minimum absolute atomic E-state index is 0.0499. The molecule has 2 aromatic rings. The lowest BCUT2D eigenvalue weighted by Crippen LogP contribution is -2.50. The molecule has 1 amide bonds. The van der Waals surface area contributed by atoms with E-state index in [1.807, 2.05) is 0 Å². The predicted molar refractivity (Wildman–Crippen MR) is 111 cm³/mol. The number of sulfonamides is 1. The van der Waals surface area contributed by atoms with Gasteiger partial charge in [0.05, 0.1) is 16.4 Å². The summed E-state index contributed by atoms with van der Waals surface area (Å²) in [7, 11) is -6.69. The Hall–Kier alpha value is -2.23. The first-order valence-electron chi connectivity index (χ1n) is 9.37. The zero-order valence-electron chi connectivity index (χ0n) is 16.2. The summed E-state index contributed by atoms with van der Waals surface area (Å²) in [5.74, 6) is -0.274. The maximum absolute atomic E-state index is 12.7. The number of sulfone groups is 1. The van der Waals surface area contributed by atoms with Crippen LogP contribution in [-0.2, 0) is 25.6 Å². The predicted octanol–water partition coefficient (Wildman–Crippen LogP) is 1.77. The van der Waals surface area contributed by atoms with Gasteiger partial charge in [-0.1, -0.05) is 30.3 Å². The van der Waals surface area contributed by atoms with Gasteiger partial charge in [-0.25, -0.2) is 16.8 Å². The van der Waals surface area contributed by atoms with Gasteiger partial charge in [0.25, 0.3) is 5.91 Å². The maximum Gasteiger partial charge on any atom is 0.253 e. The van der Waals surface area contributed by atoms with Gasteiger partial charge in [0, 0.05) is 31.7 Å². The molecule has 0 unspecified atom stereocenters. The van der Waals surface area contributed by atoms with E-state index in [-0.39, 0.29) is 35.4 Å². The lowest BCUT2D eigenvalue weighted by atomic mass is 10.1. The maximum atomic E-state index is 12.7. The Labute approximate surface area is 171 Å². The van der Waals surface area contributed by atoms with Crippen LogP contribution in [0.4, 0.5) is 0 Å². The van der Waals surface area contributed by atoms with Crippen LogP contribution >= 0.6 is 0 Å². The summed E-state index contributed by atoms with van der Waals surface area (Å²) in [5, 5.41) is 0. The molecule has 0 saturated carbocycles. The lowest BCUT2D eigenvalue weighted by Gasteiger charge is -2.33. The number of piperazine rings is 1. The summed E-state index contributed by atoms with van der Waals surface area (Å²) in [5.41, 5.74) is 1.06. The van der Waals surface area contributed by atoms with Crippen LogP contribution in [0, 0.1) is 0 Å². The highest BCUT2D eigenvalue weighted by molar-refractivity contribution is 7.90. The van der Waals surface area contributed by atoms with Gasteiger partial charge in [-0.3, -0.25) is 4.79 Å². The first kappa shape index (κ1) is 21.5. The Kier molecular flexibility index (Phi) is 6.40. The first-order valence-corrected chi connectivity index (χ1v) is 12.6. The fraction of sp³-hybridized carbons (Fsp3) is 0.350. The Balaban J connectivity index is 1.64. The molecular formula is C20H24N2O5S2. The molecule has 0 bridgehead atoms. The molecule has 9 heteroatoms. The largest absolute Gasteiger partial charge is 0.336 e. The van der Waals surface area contributed by atoms with Crippen molar-refractivity contribution in [2.75, 3.05) is 31.9 Å². The fourth-order valence-corrected chi connectivity index (χ4v) is 5.66. The Bertz CT molecular complexity index is 1060. The Morgan fingerprint density at radius 1 is 0.862 bits per heavy atom. The number of nitrogens with zero attached hydrogens (tertiary/aromatic N) is 2. The Morgan fingerprint density at radius 2 is 1.45 bits per heavy atom. The highest BCUT2D eigenvalue weighted by Gasteiger charge is 2.28. The summed E-state index contributed by atoms with van der Waals surface area (Å²) in [6, 6.07) is 14.8. The Morgan fingerprint density at radius 3 is 2.00 bits per heavy atom. The normalized spacial score (nSPS) is 16.0. The molecule has 1 fully saturated rings. The minimum atomic E-state index is -3.45. The average molecular weight is 437 g/mol. The van der Waals surface area contributed by atoms with Crippen LogP contribution in [0.3, 0.4) is 0 Å². The zero-order chi connectivity index (χ0) is 21.1. The van der Waals surface area contributed by atoms with Crippen molar-refractivity contribution < 1.29 is 21.6 Å². The van der Waals surface area contributed by atoms with Crippen molar-refractivity contribution in [3.63, 3.8) is 0 Å². The van der Waals surface area contributed by atoms with E-state index >= 15 is 0 Å². The molecule has 0 atom stereocenters. The third-order valence-corrected chi connectivity index (χ3v) is 8.53. The molecule has 0 aliphatic carbocycles. The van der Waals surface area contributed by atoms with E-state index in [4.69, 9.17) is 0 Å². The van der Waals surface area contributed by atoms with Crippen molar-refractivity contribution in [3.8, 4) is 0 Å². The van der Waals surface area contributed by atoms with Crippen LogP contribution in [0.25, 0.3) is 0 Å². The smallest absolute Gasteiger partial charge is 0.253 e. The summed E-state index contributed by atoms with van der Waals surface area (Å²) < 4.78 is 50.2. The molecule has 1 heterocycles. The molecular weight excluding hydrogens is 412 g/mol. The molecule has 0 N–H and O–H groups in total. The van der Waals surface area contributed by atoms with E-state index in [0.29, 0.717) is 24.2 Å². The zero-order valence-corrected chi connectivity index (χ0v) is 17.8. The van der Waals surface area contributed by atoms with Crippen molar-refractivity contribution in [1.29, 1.82) is 0 Å². The van der Waals surface area contributed by atoms with E-state index in [9.17, 15) is 21.6 Å². The van der Waals surface area contributed by atoms with Gasteiger partial charge in [-0.2, -0.15) is 4.31 Å². The highest BCUT2D eigenvalue weighted by atomic mass is 32.2. The molecule has 1 saturated heterocycles. The number of benzene rings is 2. The molecule has 0 radical (unpaired) electrons. The highest BCUT2D eigenvalue weighted by Crippen LogP contribution is 2.18. The number of rotatable bonds is 6. The number of hydrogen-bond acceptors (Lipinski definition) is 5. The SMILES string of the molecule is CCS(=O)(=O)N1CCN(C(=O)c2ccc(CS(=O)(=O)c3ccccc3)cc2)CC1. The monoisotopic (exact) mass is 436 g/mol. The van der Waals surface area contributed by atoms with Crippen molar-refractivity contribution in [1.82, 2.24) is 9.21 Å². The summed E-state index contributed by atoms with van der Waals surface area (Å²) in [6.45, 7) is 2.85. The fourth-order valence-electron chi connectivity index (χ4n) is 3.21. The van der Waals surface area contributed by atoms with Gasteiger partial charge in [0.2, 0.25) is 10.0 Å². The minimum Gasteiger partial charge on any atom is -0.336 e. The van der Waals surface area contributed by atoms with Gasteiger partial charge < -0.3 is 4.90 Å². The molecule has 1 aliphatic heterocycles. The average Bonchev–Trinajstić information content (AvgIpc) is 2.74. The number of carbonyl (C=O) groups is 1. The van der Waals surface area contributed by atoms with Crippen molar-refractivity contribution in [2.24, 2.45) is 0 Å². The van der Waals surface area contributed by atoms with E-state index < -0.39 is 19.9 Å². The molecule has 156 valence electrons.